The Morgan fingerprint density at radius 3 is 2.58 bits per heavy atom. The molecule has 0 aliphatic heterocycles. The zero-order chi connectivity index (χ0) is 17.9. The third-order valence-electron chi connectivity index (χ3n) is 4.29. The van der Waals surface area contributed by atoms with Gasteiger partial charge < -0.3 is 10.6 Å². The topological polar surface area (TPSA) is 58.2 Å². The highest BCUT2D eigenvalue weighted by Gasteiger charge is 2.44. The molecule has 1 aliphatic rings. The number of nitrogens with one attached hydrogen (secondary N) is 2. The minimum absolute atomic E-state index is 0.159. The van der Waals surface area contributed by atoms with E-state index < -0.39 is 11.7 Å². The first-order valence-corrected chi connectivity index (χ1v) is 7.97. The Hall–Kier alpha value is -2.05. The maximum Gasteiger partial charge on any atom is 0.416 e. The predicted octanol–water partition coefficient (Wildman–Crippen LogP) is 2.84. The molecule has 3 atom stereocenters. The van der Waals surface area contributed by atoms with E-state index in [4.69, 9.17) is 0 Å². The molecule has 1 fully saturated rings. The van der Waals surface area contributed by atoms with E-state index in [2.05, 4.69) is 10.6 Å². The van der Waals surface area contributed by atoms with Crippen LogP contribution in [0.5, 0.6) is 0 Å². The molecular weight excluding hydrogens is 321 g/mol. The summed E-state index contributed by atoms with van der Waals surface area (Å²) < 4.78 is 39.0. The Kier molecular flexibility index (Phi) is 5.51. The van der Waals surface area contributed by atoms with Crippen LogP contribution in [0.4, 0.5) is 13.2 Å². The fourth-order valence-corrected chi connectivity index (χ4v) is 2.56. The number of carbonyl (C=O) groups excluding carboxylic acids is 2. The van der Waals surface area contributed by atoms with Crippen molar-refractivity contribution in [1.29, 1.82) is 0 Å². The van der Waals surface area contributed by atoms with Crippen molar-refractivity contribution in [2.45, 2.75) is 44.8 Å². The zero-order valence-corrected chi connectivity index (χ0v) is 13.6. The Bertz CT molecular complexity index is 616. The molecule has 2 amide bonds. The fraction of sp³-hybridized carbons (Fsp3) is 0.529. The second-order valence-corrected chi connectivity index (χ2v) is 6.13. The molecule has 24 heavy (non-hydrogen) atoms. The zero-order valence-electron chi connectivity index (χ0n) is 13.6. The molecule has 0 spiro atoms. The number of hydrogen-bond acceptors (Lipinski definition) is 2. The average molecular weight is 342 g/mol. The first-order valence-electron chi connectivity index (χ1n) is 7.97. The van der Waals surface area contributed by atoms with Gasteiger partial charge in [0.1, 0.15) is 0 Å². The molecule has 1 aliphatic carbocycles. The van der Waals surface area contributed by atoms with Crippen LogP contribution in [0, 0.1) is 5.92 Å². The molecule has 2 rings (SSSR count). The lowest BCUT2D eigenvalue weighted by Gasteiger charge is -2.13. The number of benzene rings is 1. The van der Waals surface area contributed by atoms with Crippen LogP contribution in [0.1, 0.15) is 43.7 Å². The molecular formula is C17H21F3N2O2. The first-order chi connectivity index (χ1) is 11.2. The summed E-state index contributed by atoms with van der Waals surface area (Å²) in [6.45, 7) is 3.47. The minimum Gasteiger partial charge on any atom is -0.351 e. The van der Waals surface area contributed by atoms with E-state index in [9.17, 15) is 22.8 Å². The van der Waals surface area contributed by atoms with Crippen LogP contribution >= 0.6 is 0 Å². The summed E-state index contributed by atoms with van der Waals surface area (Å²) in [5, 5.41) is 5.20. The minimum atomic E-state index is -4.40. The smallest absolute Gasteiger partial charge is 0.351 e. The summed E-state index contributed by atoms with van der Waals surface area (Å²) in [6, 6.07) is 5.10. The van der Waals surface area contributed by atoms with Gasteiger partial charge in [0.15, 0.2) is 0 Å². The van der Waals surface area contributed by atoms with E-state index in [0.717, 1.165) is 6.07 Å². The van der Waals surface area contributed by atoms with E-state index in [-0.39, 0.29) is 41.8 Å². The Labute approximate surface area is 138 Å². The molecule has 0 aromatic heterocycles. The maximum atomic E-state index is 13.0. The molecule has 1 aromatic rings. The number of hydrogen-bond donors (Lipinski definition) is 2. The normalized spacial score (nSPS) is 21.0. The summed E-state index contributed by atoms with van der Waals surface area (Å²) in [5.74, 6) is -1.10. The molecule has 1 aromatic carbocycles. The summed E-state index contributed by atoms with van der Waals surface area (Å²) in [4.78, 5) is 23.4. The van der Waals surface area contributed by atoms with Gasteiger partial charge in [-0.25, -0.2) is 0 Å². The number of carbonyl (C=O) groups is 2. The van der Waals surface area contributed by atoms with Crippen molar-refractivity contribution in [3.05, 3.63) is 35.4 Å². The highest BCUT2D eigenvalue weighted by Crippen LogP contribution is 2.46. The van der Waals surface area contributed by atoms with Crippen LogP contribution < -0.4 is 10.6 Å². The summed E-state index contributed by atoms with van der Waals surface area (Å²) in [5.41, 5.74) is -0.448. The van der Waals surface area contributed by atoms with Crippen LogP contribution in [-0.2, 0) is 15.8 Å². The quantitative estimate of drug-likeness (QED) is 0.835. The van der Waals surface area contributed by atoms with Crippen molar-refractivity contribution in [3.63, 3.8) is 0 Å². The van der Waals surface area contributed by atoms with Crippen LogP contribution in [0.15, 0.2) is 24.3 Å². The SMILES string of the molecule is CC[C@H](C)C(=O)NCC(=O)N[C@@H]1C[C@H]1c1ccccc1C(F)(F)F. The van der Waals surface area contributed by atoms with Crippen molar-refractivity contribution < 1.29 is 22.8 Å². The summed E-state index contributed by atoms with van der Waals surface area (Å²) in [7, 11) is 0. The predicted molar refractivity (Wildman–Crippen MR) is 83.2 cm³/mol. The fourth-order valence-electron chi connectivity index (χ4n) is 2.56. The maximum absolute atomic E-state index is 13.0. The lowest BCUT2D eigenvalue weighted by atomic mass is 10.0. The third kappa shape index (κ3) is 4.49. The number of rotatable bonds is 6. The third-order valence-corrected chi connectivity index (χ3v) is 4.29. The van der Waals surface area contributed by atoms with Gasteiger partial charge in [-0.05, 0) is 24.5 Å². The van der Waals surface area contributed by atoms with E-state index in [1.807, 2.05) is 6.92 Å². The molecule has 1 saturated carbocycles. The first kappa shape index (κ1) is 18.3. The van der Waals surface area contributed by atoms with Crippen molar-refractivity contribution in [1.82, 2.24) is 10.6 Å². The van der Waals surface area contributed by atoms with E-state index in [1.54, 1.807) is 13.0 Å². The lowest BCUT2D eigenvalue weighted by Crippen LogP contribution is -2.40. The van der Waals surface area contributed by atoms with Crippen LogP contribution in [0.2, 0.25) is 0 Å². The molecule has 4 nitrogen and oxygen atoms in total. The number of halogens is 3. The molecule has 0 unspecified atom stereocenters. The molecule has 7 heteroatoms. The van der Waals surface area contributed by atoms with Gasteiger partial charge in [-0.1, -0.05) is 32.0 Å². The summed E-state index contributed by atoms with van der Waals surface area (Å²) >= 11 is 0. The molecule has 132 valence electrons. The molecule has 0 bridgehead atoms. The van der Waals surface area contributed by atoms with E-state index in [0.29, 0.717) is 12.8 Å². The molecule has 0 heterocycles. The highest BCUT2D eigenvalue weighted by atomic mass is 19.4. The van der Waals surface area contributed by atoms with Crippen molar-refractivity contribution in [2.75, 3.05) is 6.54 Å². The Morgan fingerprint density at radius 2 is 1.96 bits per heavy atom. The molecule has 0 saturated heterocycles. The highest BCUT2D eigenvalue weighted by molar-refractivity contribution is 5.86. The van der Waals surface area contributed by atoms with E-state index >= 15 is 0 Å². The van der Waals surface area contributed by atoms with Crippen LogP contribution in [0.3, 0.4) is 0 Å². The molecule has 2 N–H and O–H groups in total. The summed E-state index contributed by atoms with van der Waals surface area (Å²) in [6.07, 6.45) is -3.26. The second-order valence-electron chi connectivity index (χ2n) is 6.13. The largest absolute Gasteiger partial charge is 0.416 e. The Morgan fingerprint density at radius 1 is 1.29 bits per heavy atom. The van der Waals surface area contributed by atoms with Gasteiger partial charge in [0.2, 0.25) is 11.8 Å². The molecule has 0 radical (unpaired) electrons. The van der Waals surface area contributed by atoms with Gasteiger partial charge >= 0.3 is 6.18 Å². The average Bonchev–Trinajstić information content (AvgIpc) is 3.29. The monoisotopic (exact) mass is 342 g/mol. The number of amides is 2. The van der Waals surface area contributed by atoms with Gasteiger partial charge in [0.05, 0.1) is 12.1 Å². The Balaban J connectivity index is 1.88. The standard InChI is InChI=1S/C17H21F3N2O2/c1-3-10(2)16(24)21-9-15(23)22-14-8-12(14)11-6-4-5-7-13(11)17(18,19)20/h4-7,10,12,14H,3,8-9H2,1-2H3,(H,21,24)(H,22,23)/t10-,12-,14+/m0/s1. The second kappa shape index (κ2) is 7.23. The van der Waals surface area contributed by atoms with Crippen molar-refractivity contribution in [3.8, 4) is 0 Å². The van der Waals surface area contributed by atoms with E-state index in [1.165, 1.54) is 12.1 Å². The van der Waals surface area contributed by atoms with Crippen molar-refractivity contribution >= 4 is 11.8 Å². The van der Waals surface area contributed by atoms with Crippen LogP contribution in [-0.4, -0.2) is 24.4 Å². The van der Waals surface area contributed by atoms with Crippen LogP contribution in [0.25, 0.3) is 0 Å². The van der Waals surface area contributed by atoms with Gasteiger partial charge in [-0.3, -0.25) is 9.59 Å². The van der Waals surface area contributed by atoms with Gasteiger partial charge in [-0.15, -0.1) is 0 Å². The number of alkyl halides is 3. The van der Waals surface area contributed by atoms with Crippen molar-refractivity contribution in [2.24, 2.45) is 5.92 Å². The van der Waals surface area contributed by atoms with Gasteiger partial charge in [-0.2, -0.15) is 13.2 Å². The lowest BCUT2D eigenvalue weighted by molar-refractivity contribution is -0.138. The van der Waals surface area contributed by atoms with Gasteiger partial charge in [0.25, 0.3) is 0 Å². The van der Waals surface area contributed by atoms with Gasteiger partial charge in [0, 0.05) is 17.9 Å².